The van der Waals surface area contributed by atoms with Crippen LogP contribution in [0.3, 0.4) is 0 Å². The lowest BCUT2D eigenvalue weighted by atomic mass is 10.0. The summed E-state index contributed by atoms with van der Waals surface area (Å²) in [5.74, 6) is 0.303. The van der Waals surface area contributed by atoms with Crippen molar-refractivity contribution in [1.29, 1.82) is 0 Å². The van der Waals surface area contributed by atoms with Gasteiger partial charge in [0.05, 0.1) is 17.7 Å². The Balaban J connectivity index is 1.33. The van der Waals surface area contributed by atoms with E-state index in [9.17, 15) is 9.59 Å². The van der Waals surface area contributed by atoms with E-state index in [4.69, 9.17) is 4.74 Å². The summed E-state index contributed by atoms with van der Waals surface area (Å²) in [5, 5.41) is 5.45. The van der Waals surface area contributed by atoms with Crippen molar-refractivity contribution in [1.82, 2.24) is 19.9 Å². The number of nitrogens with zero attached hydrogens (tertiary/aromatic N) is 3. The molecule has 0 spiro atoms. The van der Waals surface area contributed by atoms with Gasteiger partial charge in [0.25, 0.3) is 11.8 Å². The third-order valence-electron chi connectivity index (χ3n) is 5.79. The number of anilines is 2. The van der Waals surface area contributed by atoms with E-state index in [0.717, 1.165) is 12.0 Å². The molecule has 1 aliphatic rings. The van der Waals surface area contributed by atoms with Crippen molar-refractivity contribution in [3.8, 4) is 0 Å². The Hall–Kier alpha value is -4.73. The molecule has 0 bridgehead atoms. The van der Waals surface area contributed by atoms with E-state index in [-0.39, 0.29) is 23.5 Å². The van der Waals surface area contributed by atoms with Crippen molar-refractivity contribution in [2.24, 2.45) is 10.9 Å². The lowest BCUT2D eigenvalue weighted by Crippen LogP contribution is -2.22. The van der Waals surface area contributed by atoms with Gasteiger partial charge in [0.1, 0.15) is 11.3 Å². The molecule has 1 atom stereocenters. The number of rotatable bonds is 8. The smallest absolute Gasteiger partial charge is 0.280 e. The van der Waals surface area contributed by atoms with Gasteiger partial charge in [0.15, 0.2) is 5.70 Å². The molecule has 10 nitrogen and oxygen atoms in total. The standard InChI is InChI=1S/C26H25N7O3/c1-16-10-12-27-21(22(16)36-15-11-17-6-3-2-4-7-17)24(35)33-26-30-19-9-5-8-18(20(19)31-26)23(34)32-25-28-13-14-29-25/h2-9,12-14,16H,10-11,15H2,1H3,(H2,28,29,32,34)(H2,30,31,33,35). The summed E-state index contributed by atoms with van der Waals surface area (Å²) in [4.78, 5) is 44.5. The van der Waals surface area contributed by atoms with Crippen LogP contribution in [-0.4, -0.2) is 44.6 Å². The number of hydrogen-bond donors (Lipinski definition) is 4. The molecule has 36 heavy (non-hydrogen) atoms. The number of ether oxygens (including phenoxy) is 1. The monoisotopic (exact) mass is 483 g/mol. The lowest BCUT2D eigenvalue weighted by molar-refractivity contribution is -0.113. The van der Waals surface area contributed by atoms with Crippen molar-refractivity contribution in [3.05, 3.63) is 83.5 Å². The van der Waals surface area contributed by atoms with Gasteiger partial charge in [-0.1, -0.05) is 43.3 Å². The van der Waals surface area contributed by atoms with Gasteiger partial charge in [0, 0.05) is 30.9 Å². The maximum Gasteiger partial charge on any atom is 0.280 e. The van der Waals surface area contributed by atoms with Gasteiger partial charge in [-0.3, -0.25) is 25.2 Å². The fourth-order valence-electron chi connectivity index (χ4n) is 3.96. The zero-order chi connectivity index (χ0) is 24.9. The van der Waals surface area contributed by atoms with Crippen molar-refractivity contribution in [3.63, 3.8) is 0 Å². The van der Waals surface area contributed by atoms with E-state index in [2.05, 4.69) is 35.6 Å². The Bertz CT molecular complexity index is 1440. The molecule has 2 aromatic heterocycles. The highest BCUT2D eigenvalue weighted by Crippen LogP contribution is 2.26. The maximum absolute atomic E-state index is 13.1. The topological polar surface area (TPSA) is 137 Å². The molecule has 2 amide bonds. The summed E-state index contributed by atoms with van der Waals surface area (Å²) >= 11 is 0. The molecular formula is C26H25N7O3. The van der Waals surface area contributed by atoms with Crippen LogP contribution in [0.25, 0.3) is 11.0 Å². The first kappa shape index (κ1) is 23.0. The molecule has 1 aliphatic heterocycles. The number of nitrogens with one attached hydrogen (secondary N) is 4. The van der Waals surface area contributed by atoms with Crippen molar-refractivity contribution in [2.45, 2.75) is 19.8 Å². The molecular weight excluding hydrogens is 458 g/mol. The first-order chi connectivity index (χ1) is 17.6. The number of carbonyl (C=O) groups excluding carboxylic acids is 2. The Morgan fingerprint density at radius 2 is 1.89 bits per heavy atom. The van der Waals surface area contributed by atoms with Crippen LogP contribution < -0.4 is 10.6 Å². The molecule has 0 aliphatic carbocycles. The largest absolute Gasteiger partial charge is 0.495 e. The highest BCUT2D eigenvalue weighted by atomic mass is 16.5. The van der Waals surface area contributed by atoms with Gasteiger partial charge in [-0.25, -0.2) is 9.97 Å². The second-order valence-electron chi connectivity index (χ2n) is 8.38. The van der Waals surface area contributed by atoms with E-state index < -0.39 is 5.91 Å². The summed E-state index contributed by atoms with van der Waals surface area (Å²) < 4.78 is 6.04. The molecule has 4 aromatic rings. The van der Waals surface area contributed by atoms with Crippen molar-refractivity contribution in [2.75, 3.05) is 17.2 Å². The first-order valence-corrected chi connectivity index (χ1v) is 11.6. The summed E-state index contributed by atoms with van der Waals surface area (Å²) in [7, 11) is 0. The van der Waals surface area contributed by atoms with Gasteiger partial charge < -0.3 is 14.7 Å². The number of fused-ring (bicyclic) bond motifs is 1. The number of hydrogen-bond acceptors (Lipinski definition) is 6. The number of aromatic nitrogens is 4. The van der Waals surface area contributed by atoms with E-state index in [1.54, 1.807) is 36.8 Å². The zero-order valence-electron chi connectivity index (χ0n) is 19.6. The van der Waals surface area contributed by atoms with Crippen LogP contribution in [0.4, 0.5) is 11.9 Å². The van der Waals surface area contributed by atoms with Crippen molar-refractivity contribution >= 4 is 41.0 Å². The Labute approximate surface area is 206 Å². The third-order valence-corrected chi connectivity index (χ3v) is 5.79. The average molecular weight is 484 g/mol. The van der Waals surface area contributed by atoms with Gasteiger partial charge in [-0.05, 0) is 24.1 Å². The fraction of sp³-hybridized carbons (Fsp3) is 0.192. The lowest BCUT2D eigenvalue weighted by Gasteiger charge is -2.21. The van der Waals surface area contributed by atoms with E-state index in [1.165, 1.54) is 0 Å². The van der Waals surface area contributed by atoms with Gasteiger partial charge in [-0.2, -0.15) is 0 Å². The molecule has 0 saturated heterocycles. The van der Waals surface area contributed by atoms with Crippen LogP contribution >= 0.6 is 0 Å². The van der Waals surface area contributed by atoms with Crippen LogP contribution in [0.1, 0.15) is 29.3 Å². The predicted octanol–water partition coefficient (Wildman–Crippen LogP) is 4.06. The summed E-state index contributed by atoms with van der Waals surface area (Å²) in [6.07, 6.45) is 6.29. The van der Waals surface area contributed by atoms with Gasteiger partial charge in [0.2, 0.25) is 11.9 Å². The van der Waals surface area contributed by atoms with Crippen LogP contribution in [0, 0.1) is 5.92 Å². The number of para-hydroxylation sites is 1. The minimum Gasteiger partial charge on any atom is -0.495 e. The highest BCUT2D eigenvalue weighted by molar-refractivity contribution is 6.11. The van der Waals surface area contributed by atoms with Crippen LogP contribution in [-0.2, 0) is 16.0 Å². The summed E-state index contributed by atoms with van der Waals surface area (Å²) in [6, 6.07) is 15.2. The Kier molecular flexibility index (Phi) is 6.57. The number of amides is 2. The SMILES string of the molecule is CC1CC=NC(C(=O)Nc2nc3c(C(=O)Nc4ncc[nH]4)cccc3[nH]2)=C1OCCc1ccccc1. The first-order valence-electron chi connectivity index (χ1n) is 11.6. The van der Waals surface area contributed by atoms with E-state index in [1.807, 2.05) is 37.3 Å². The van der Waals surface area contributed by atoms with Gasteiger partial charge in [-0.15, -0.1) is 0 Å². The molecule has 1 unspecified atom stereocenters. The molecule has 4 N–H and O–H groups in total. The molecule has 3 heterocycles. The van der Waals surface area contributed by atoms with E-state index >= 15 is 0 Å². The zero-order valence-corrected chi connectivity index (χ0v) is 19.6. The predicted molar refractivity (Wildman–Crippen MR) is 137 cm³/mol. The molecule has 10 heteroatoms. The Morgan fingerprint density at radius 1 is 1.06 bits per heavy atom. The number of aromatic amines is 2. The highest BCUT2D eigenvalue weighted by Gasteiger charge is 2.25. The average Bonchev–Trinajstić information content (AvgIpc) is 3.54. The Morgan fingerprint density at radius 3 is 2.69 bits per heavy atom. The van der Waals surface area contributed by atoms with Crippen LogP contribution in [0.15, 0.2) is 77.4 Å². The van der Waals surface area contributed by atoms with E-state index in [0.29, 0.717) is 41.3 Å². The molecule has 0 fully saturated rings. The second-order valence-corrected chi connectivity index (χ2v) is 8.38. The fourth-order valence-corrected chi connectivity index (χ4v) is 3.96. The second kappa shape index (κ2) is 10.3. The molecule has 0 radical (unpaired) electrons. The maximum atomic E-state index is 13.1. The summed E-state index contributed by atoms with van der Waals surface area (Å²) in [5.41, 5.74) is 2.74. The summed E-state index contributed by atoms with van der Waals surface area (Å²) in [6.45, 7) is 2.44. The number of imidazole rings is 2. The quantitative estimate of drug-likeness (QED) is 0.300. The minimum absolute atomic E-state index is 0.0200. The molecule has 0 saturated carbocycles. The number of allylic oxidation sites excluding steroid dienone is 1. The van der Waals surface area contributed by atoms with Gasteiger partial charge >= 0.3 is 0 Å². The molecule has 5 rings (SSSR count). The minimum atomic E-state index is -0.437. The number of benzene rings is 2. The van der Waals surface area contributed by atoms with Crippen LogP contribution in [0.2, 0.25) is 0 Å². The number of carbonyl (C=O) groups is 2. The van der Waals surface area contributed by atoms with Crippen LogP contribution in [0.5, 0.6) is 0 Å². The third kappa shape index (κ3) is 5.02. The van der Waals surface area contributed by atoms with Crippen molar-refractivity contribution < 1.29 is 14.3 Å². The number of H-pyrrole nitrogens is 2. The normalized spacial score (nSPS) is 15.2. The molecule has 182 valence electrons. The molecule has 2 aromatic carbocycles. The number of aliphatic imine (C=N–C) groups is 1.